The van der Waals surface area contributed by atoms with Crippen LogP contribution in [0.5, 0.6) is 5.75 Å². The van der Waals surface area contributed by atoms with Crippen molar-refractivity contribution in [3.05, 3.63) is 29.8 Å². The molecule has 1 unspecified atom stereocenters. The van der Waals surface area contributed by atoms with Crippen molar-refractivity contribution in [1.82, 2.24) is 0 Å². The molecule has 0 aliphatic heterocycles. The maximum Gasteiger partial charge on any atom is 0.119 e. The Balaban J connectivity index is 2.39. The predicted molar refractivity (Wildman–Crippen MR) is 94.6 cm³/mol. The lowest BCUT2D eigenvalue weighted by molar-refractivity contribution is 0.318. The van der Waals surface area contributed by atoms with Gasteiger partial charge in [0, 0.05) is 0 Å². The summed E-state index contributed by atoms with van der Waals surface area (Å²) in [6.07, 6.45) is 6.50. The molecule has 0 heterocycles. The molecule has 0 saturated heterocycles. The minimum Gasteiger partial charge on any atom is -0.494 e. The Bertz CT molecular complexity index is 381. The summed E-state index contributed by atoms with van der Waals surface area (Å²) in [6, 6.07) is 8.56. The van der Waals surface area contributed by atoms with E-state index in [9.17, 15) is 0 Å². The number of hydrogen-bond acceptors (Lipinski definition) is 1. The van der Waals surface area contributed by atoms with Crippen molar-refractivity contribution in [2.45, 2.75) is 39.5 Å². The van der Waals surface area contributed by atoms with E-state index in [2.05, 4.69) is 57.5 Å². The fourth-order valence-corrected chi connectivity index (χ4v) is 3.46. The quantitative estimate of drug-likeness (QED) is 0.549. The molecule has 0 bridgehead atoms. The Morgan fingerprint density at radius 2 is 1.70 bits per heavy atom. The molecule has 1 atom stereocenters. The maximum absolute atomic E-state index is 6.24. The van der Waals surface area contributed by atoms with Crippen molar-refractivity contribution < 1.29 is 4.74 Å². The average Bonchev–Trinajstić information content (AvgIpc) is 2.33. The lowest BCUT2D eigenvalue weighted by Crippen LogP contribution is -2.03. The second kappa shape index (κ2) is 8.19. The highest BCUT2D eigenvalue weighted by molar-refractivity contribution is 8.50. The predicted octanol–water partition coefficient (Wildman–Crippen LogP) is 5.82. The smallest absolute Gasteiger partial charge is 0.119 e. The second-order valence-corrected chi connectivity index (χ2v) is 12.1. The standard InChI is InChI=1S/C17H29ClOS/c1-14(2)13-15(3)16-7-9-17(10-8-16)19-11-6-12-20(4,5)18/h7-10,14-15H,6,11-13H2,1-5H3. The first-order valence-electron chi connectivity index (χ1n) is 7.41. The van der Waals surface area contributed by atoms with Gasteiger partial charge in [0.1, 0.15) is 5.75 Å². The van der Waals surface area contributed by atoms with Gasteiger partial charge in [0.05, 0.1) is 6.61 Å². The summed E-state index contributed by atoms with van der Waals surface area (Å²) in [5, 5.41) is 0. The monoisotopic (exact) mass is 316 g/mol. The zero-order valence-corrected chi connectivity index (χ0v) is 15.1. The third-order valence-electron chi connectivity index (χ3n) is 3.32. The van der Waals surface area contributed by atoms with Crippen LogP contribution in [0.3, 0.4) is 0 Å². The summed E-state index contributed by atoms with van der Waals surface area (Å²) in [4.78, 5) is 0. The summed E-state index contributed by atoms with van der Waals surface area (Å²) >= 11 is 0. The summed E-state index contributed by atoms with van der Waals surface area (Å²) in [7, 11) is 5.32. The van der Waals surface area contributed by atoms with Gasteiger partial charge in [-0.15, -0.1) is 0 Å². The Hall–Kier alpha value is -0.340. The Kier molecular flexibility index (Phi) is 7.25. The molecule has 0 saturated carbocycles. The van der Waals surface area contributed by atoms with Crippen molar-refractivity contribution in [3.63, 3.8) is 0 Å². The molecule has 0 aliphatic carbocycles. The zero-order chi connectivity index (χ0) is 15.2. The molecular weight excluding hydrogens is 288 g/mol. The van der Waals surface area contributed by atoms with Crippen molar-refractivity contribution in [3.8, 4) is 5.75 Å². The van der Waals surface area contributed by atoms with Crippen LogP contribution < -0.4 is 4.74 Å². The summed E-state index contributed by atoms with van der Waals surface area (Å²) in [6.45, 7) is 7.59. The third-order valence-corrected chi connectivity index (χ3v) is 5.04. The van der Waals surface area contributed by atoms with Crippen LogP contribution in [0.4, 0.5) is 0 Å². The van der Waals surface area contributed by atoms with Gasteiger partial charge in [-0.3, -0.25) is 0 Å². The normalized spacial score (nSPS) is 14.3. The van der Waals surface area contributed by atoms with Gasteiger partial charge in [-0.25, -0.2) is 0 Å². The Morgan fingerprint density at radius 3 is 2.20 bits per heavy atom. The number of halogens is 1. The molecule has 1 aromatic carbocycles. The lowest BCUT2D eigenvalue weighted by atomic mass is 9.92. The molecular formula is C17H29ClOS. The van der Waals surface area contributed by atoms with Gasteiger partial charge < -0.3 is 4.74 Å². The molecule has 0 radical (unpaired) electrons. The topological polar surface area (TPSA) is 9.23 Å². The highest BCUT2D eigenvalue weighted by atomic mass is 35.7. The van der Waals surface area contributed by atoms with E-state index in [0.29, 0.717) is 5.92 Å². The van der Waals surface area contributed by atoms with Crippen LogP contribution in [0.2, 0.25) is 0 Å². The average molecular weight is 317 g/mol. The summed E-state index contributed by atoms with van der Waals surface area (Å²) in [5.74, 6) is 3.37. The zero-order valence-electron chi connectivity index (χ0n) is 13.5. The van der Waals surface area contributed by atoms with Crippen molar-refractivity contribution in [1.29, 1.82) is 0 Å². The number of ether oxygens (including phenoxy) is 1. The molecule has 0 N–H and O–H groups in total. The Morgan fingerprint density at radius 1 is 1.10 bits per heavy atom. The molecule has 0 aromatic heterocycles. The van der Waals surface area contributed by atoms with Crippen LogP contribution in [0.25, 0.3) is 0 Å². The summed E-state index contributed by atoms with van der Waals surface area (Å²) < 4.78 is 5.77. The van der Waals surface area contributed by atoms with E-state index in [1.165, 1.54) is 12.0 Å². The highest BCUT2D eigenvalue weighted by Crippen LogP contribution is 2.45. The lowest BCUT2D eigenvalue weighted by Gasteiger charge is -2.21. The molecule has 0 aliphatic rings. The first kappa shape index (κ1) is 17.7. The fourth-order valence-electron chi connectivity index (χ4n) is 2.33. The van der Waals surface area contributed by atoms with Gasteiger partial charge in [-0.2, -0.15) is 9.24 Å². The maximum atomic E-state index is 6.24. The molecule has 116 valence electrons. The van der Waals surface area contributed by atoms with Gasteiger partial charge in [0.25, 0.3) is 0 Å². The molecule has 0 fully saturated rings. The molecule has 1 aromatic rings. The number of benzene rings is 1. The van der Waals surface area contributed by atoms with E-state index in [0.717, 1.165) is 30.4 Å². The van der Waals surface area contributed by atoms with E-state index in [-0.39, 0.29) is 0 Å². The fraction of sp³-hybridized carbons (Fsp3) is 0.647. The van der Waals surface area contributed by atoms with Gasteiger partial charge in [0.15, 0.2) is 0 Å². The molecule has 1 rings (SSSR count). The largest absolute Gasteiger partial charge is 0.494 e. The van der Waals surface area contributed by atoms with Crippen LogP contribution in [0.1, 0.15) is 45.1 Å². The Labute approximate surface area is 130 Å². The van der Waals surface area contributed by atoms with Gasteiger partial charge in [-0.05, 0) is 60.6 Å². The van der Waals surface area contributed by atoms with Crippen molar-refractivity contribution in [2.24, 2.45) is 5.92 Å². The molecule has 3 heteroatoms. The van der Waals surface area contributed by atoms with E-state index in [1.54, 1.807) is 0 Å². The SMILES string of the molecule is CC(C)CC(C)c1ccc(OCCCS(C)(C)Cl)cc1. The third kappa shape index (κ3) is 7.44. The molecule has 20 heavy (non-hydrogen) atoms. The molecule has 0 amide bonds. The van der Waals surface area contributed by atoms with Crippen molar-refractivity contribution in [2.75, 3.05) is 24.9 Å². The van der Waals surface area contributed by atoms with Crippen LogP contribution in [0.15, 0.2) is 24.3 Å². The second-order valence-electron chi connectivity index (χ2n) is 6.41. The van der Waals surface area contributed by atoms with Crippen LogP contribution >= 0.6 is 19.9 Å². The minimum absolute atomic E-state index is 0.615. The van der Waals surface area contributed by atoms with Gasteiger partial charge in [-0.1, -0.05) is 43.6 Å². The van der Waals surface area contributed by atoms with Gasteiger partial charge in [0.2, 0.25) is 0 Å². The van der Waals surface area contributed by atoms with E-state index >= 15 is 0 Å². The van der Waals surface area contributed by atoms with E-state index in [4.69, 9.17) is 15.4 Å². The number of rotatable bonds is 8. The van der Waals surface area contributed by atoms with Crippen LogP contribution in [-0.4, -0.2) is 24.9 Å². The minimum atomic E-state index is -0.916. The molecule has 1 nitrogen and oxygen atoms in total. The number of hydrogen-bond donors (Lipinski definition) is 0. The van der Waals surface area contributed by atoms with Crippen molar-refractivity contribution >= 4 is 19.9 Å². The van der Waals surface area contributed by atoms with E-state index < -0.39 is 9.24 Å². The van der Waals surface area contributed by atoms with Crippen LogP contribution in [0, 0.1) is 5.92 Å². The van der Waals surface area contributed by atoms with Gasteiger partial charge >= 0.3 is 0 Å². The first-order valence-corrected chi connectivity index (χ1v) is 10.9. The summed E-state index contributed by atoms with van der Waals surface area (Å²) in [5.41, 5.74) is 1.40. The highest BCUT2D eigenvalue weighted by Gasteiger charge is 2.08. The van der Waals surface area contributed by atoms with Crippen LogP contribution in [-0.2, 0) is 0 Å². The first-order chi connectivity index (χ1) is 9.28. The van der Waals surface area contributed by atoms with E-state index in [1.807, 2.05) is 0 Å². The molecule has 0 spiro atoms.